The molecular weight excluding hydrogens is 1220 g/mol. The van der Waals surface area contributed by atoms with Crippen LogP contribution >= 0.6 is 15.6 Å². The number of rotatable bonds is 74. The number of carbonyl (C=O) groups excluding carboxylic acids is 4. The van der Waals surface area contributed by atoms with Gasteiger partial charge in [0.05, 0.1) is 26.4 Å². The van der Waals surface area contributed by atoms with Crippen LogP contribution in [-0.4, -0.2) is 96.7 Å². The van der Waals surface area contributed by atoms with Crippen molar-refractivity contribution in [3.63, 3.8) is 0 Å². The first-order valence-corrected chi connectivity index (χ1v) is 41.7. The summed E-state index contributed by atoms with van der Waals surface area (Å²) in [6, 6.07) is 0. The summed E-state index contributed by atoms with van der Waals surface area (Å²) in [6.07, 6.45) is 55.6. The first kappa shape index (κ1) is 91.1. The van der Waals surface area contributed by atoms with Gasteiger partial charge in [-0.1, -0.05) is 336 Å². The Bertz CT molecular complexity index is 1790. The Labute approximate surface area is 568 Å². The first-order chi connectivity index (χ1) is 45.1. The lowest BCUT2D eigenvalue weighted by Crippen LogP contribution is -2.30. The number of hydrogen-bond donors (Lipinski definition) is 3. The highest BCUT2D eigenvalue weighted by Crippen LogP contribution is 2.45. The van der Waals surface area contributed by atoms with Crippen molar-refractivity contribution in [2.24, 2.45) is 5.92 Å². The maximum Gasteiger partial charge on any atom is 0.472 e. The van der Waals surface area contributed by atoms with Crippen LogP contribution in [0.1, 0.15) is 388 Å². The van der Waals surface area contributed by atoms with Gasteiger partial charge in [0.15, 0.2) is 12.2 Å². The highest BCUT2D eigenvalue weighted by molar-refractivity contribution is 7.47. The van der Waals surface area contributed by atoms with Crippen molar-refractivity contribution in [3.8, 4) is 0 Å². The van der Waals surface area contributed by atoms with E-state index in [0.29, 0.717) is 25.7 Å². The molecule has 0 aromatic carbocycles. The van der Waals surface area contributed by atoms with E-state index < -0.39 is 97.5 Å². The molecule has 552 valence electrons. The third-order valence-corrected chi connectivity index (χ3v) is 19.5. The maximum absolute atomic E-state index is 13.1. The monoisotopic (exact) mass is 1370 g/mol. The lowest BCUT2D eigenvalue weighted by molar-refractivity contribution is -0.161. The second-order valence-electron chi connectivity index (χ2n) is 26.9. The fourth-order valence-electron chi connectivity index (χ4n) is 11.3. The van der Waals surface area contributed by atoms with E-state index in [1.807, 2.05) is 0 Å². The molecule has 0 aliphatic carbocycles. The van der Waals surface area contributed by atoms with Crippen molar-refractivity contribution < 1.29 is 80.2 Å². The third kappa shape index (κ3) is 67.0. The Morgan fingerprint density at radius 3 is 0.763 bits per heavy atom. The molecule has 0 rings (SSSR count). The quantitative estimate of drug-likeness (QED) is 0.0222. The van der Waals surface area contributed by atoms with Crippen LogP contribution in [0.3, 0.4) is 0 Å². The fourth-order valence-corrected chi connectivity index (χ4v) is 12.9. The molecule has 0 bridgehead atoms. The smallest absolute Gasteiger partial charge is 0.462 e. The SMILES string of the molecule is CCCCCCCCCCCCCCCCCCCCCCCC(=O)O[C@H](COC(=O)CCCCCCCCCCCCC(C)CC)COP(=O)(O)OC[C@@H](O)COP(=O)(O)OC[C@@H](COC(=O)CCCCCCCCCCC)OC(=O)CCCCCCCCCCC. The molecule has 0 aromatic rings. The van der Waals surface area contributed by atoms with Crippen LogP contribution in [-0.2, 0) is 65.4 Å². The van der Waals surface area contributed by atoms with Gasteiger partial charge in [-0.2, -0.15) is 0 Å². The van der Waals surface area contributed by atoms with Crippen LogP contribution in [0.5, 0.6) is 0 Å². The third-order valence-electron chi connectivity index (χ3n) is 17.6. The minimum atomic E-state index is -4.95. The number of phosphoric ester groups is 2. The van der Waals surface area contributed by atoms with E-state index in [-0.39, 0.29) is 25.7 Å². The standard InChI is InChI=1S/C74H144O17P2/c1-6-10-13-16-19-22-23-24-25-26-27-28-29-30-31-32-33-40-45-50-55-60-74(79)91-70(64-85-72(77)58-53-48-43-39-35-34-38-41-46-51-56-67(5)9-4)66-89-93(82,83)87-62-68(75)61-86-92(80,81)88-65-69(90-73(78)59-54-49-44-37-21-18-15-12-8-3)63-84-71(76)57-52-47-42-36-20-17-14-11-7-2/h67-70,75H,6-66H2,1-5H3,(H,80,81)(H,82,83)/t67?,68-,69+,70+/m0/s1. The second-order valence-corrected chi connectivity index (χ2v) is 29.8. The predicted molar refractivity (Wildman–Crippen MR) is 377 cm³/mol. The van der Waals surface area contributed by atoms with E-state index in [9.17, 15) is 43.2 Å². The van der Waals surface area contributed by atoms with Gasteiger partial charge in [0.2, 0.25) is 0 Å². The Morgan fingerprint density at radius 1 is 0.301 bits per heavy atom. The molecule has 0 aliphatic heterocycles. The summed E-state index contributed by atoms with van der Waals surface area (Å²) in [5.74, 6) is -1.31. The average Bonchev–Trinajstić information content (AvgIpc) is 2.71. The molecule has 0 saturated heterocycles. The fraction of sp³-hybridized carbons (Fsp3) is 0.946. The van der Waals surface area contributed by atoms with Crippen molar-refractivity contribution in [2.45, 2.75) is 406 Å². The first-order valence-electron chi connectivity index (χ1n) is 38.7. The number of hydrogen-bond acceptors (Lipinski definition) is 15. The predicted octanol–water partition coefficient (Wildman–Crippen LogP) is 21.7. The summed E-state index contributed by atoms with van der Waals surface area (Å²) in [5.41, 5.74) is 0. The minimum absolute atomic E-state index is 0.106. The number of aliphatic hydroxyl groups is 1. The number of phosphoric acid groups is 2. The van der Waals surface area contributed by atoms with Crippen molar-refractivity contribution in [2.75, 3.05) is 39.6 Å². The van der Waals surface area contributed by atoms with Gasteiger partial charge in [-0.25, -0.2) is 9.13 Å². The normalized spacial score (nSPS) is 14.3. The molecule has 0 radical (unpaired) electrons. The summed E-state index contributed by atoms with van der Waals surface area (Å²) < 4.78 is 68.3. The molecular formula is C74H144O17P2. The molecule has 0 aromatic heterocycles. The summed E-state index contributed by atoms with van der Waals surface area (Å²) >= 11 is 0. The summed E-state index contributed by atoms with van der Waals surface area (Å²) in [7, 11) is -9.90. The number of carbonyl (C=O) groups is 4. The molecule has 19 heteroatoms. The summed E-state index contributed by atoms with van der Waals surface area (Å²) in [6.45, 7) is 7.27. The van der Waals surface area contributed by atoms with Gasteiger partial charge in [-0.05, 0) is 31.6 Å². The molecule has 17 nitrogen and oxygen atoms in total. The Kier molecular flexibility index (Phi) is 65.9. The van der Waals surface area contributed by atoms with Crippen LogP contribution in [0.4, 0.5) is 0 Å². The van der Waals surface area contributed by atoms with Gasteiger partial charge in [0.25, 0.3) is 0 Å². The number of ether oxygens (including phenoxy) is 4. The van der Waals surface area contributed by atoms with Crippen molar-refractivity contribution in [3.05, 3.63) is 0 Å². The van der Waals surface area contributed by atoms with Crippen molar-refractivity contribution in [1.29, 1.82) is 0 Å². The molecule has 0 heterocycles. The van der Waals surface area contributed by atoms with Gasteiger partial charge >= 0.3 is 39.5 Å². The van der Waals surface area contributed by atoms with Crippen molar-refractivity contribution >= 4 is 39.5 Å². The molecule has 0 amide bonds. The Hall–Kier alpha value is -1.94. The number of unbranched alkanes of at least 4 members (excludes halogenated alkanes) is 45. The molecule has 6 atom stereocenters. The average molecular weight is 1370 g/mol. The van der Waals surface area contributed by atoms with Gasteiger partial charge < -0.3 is 33.8 Å². The highest BCUT2D eigenvalue weighted by atomic mass is 31.2. The van der Waals surface area contributed by atoms with Gasteiger partial charge in [0, 0.05) is 25.7 Å². The molecule has 0 saturated carbocycles. The minimum Gasteiger partial charge on any atom is -0.462 e. The van der Waals surface area contributed by atoms with Crippen LogP contribution in [0, 0.1) is 5.92 Å². The highest BCUT2D eigenvalue weighted by Gasteiger charge is 2.30. The van der Waals surface area contributed by atoms with E-state index in [4.69, 9.17) is 37.0 Å². The topological polar surface area (TPSA) is 237 Å². The van der Waals surface area contributed by atoms with Crippen LogP contribution in [0.25, 0.3) is 0 Å². The van der Waals surface area contributed by atoms with Crippen LogP contribution in [0.15, 0.2) is 0 Å². The largest absolute Gasteiger partial charge is 0.472 e. The molecule has 93 heavy (non-hydrogen) atoms. The molecule has 3 N–H and O–H groups in total. The lowest BCUT2D eigenvalue weighted by atomic mass is 9.99. The number of aliphatic hydroxyl groups excluding tert-OH is 1. The maximum atomic E-state index is 13.1. The van der Waals surface area contributed by atoms with Gasteiger partial charge in [-0.15, -0.1) is 0 Å². The van der Waals surface area contributed by atoms with E-state index in [2.05, 4.69) is 34.6 Å². The second kappa shape index (κ2) is 67.3. The molecule has 0 aliphatic rings. The van der Waals surface area contributed by atoms with Gasteiger partial charge in [0.1, 0.15) is 19.3 Å². The van der Waals surface area contributed by atoms with Crippen molar-refractivity contribution in [1.82, 2.24) is 0 Å². The molecule has 0 fully saturated rings. The lowest BCUT2D eigenvalue weighted by Gasteiger charge is -2.21. The summed E-state index contributed by atoms with van der Waals surface area (Å²) in [5, 5.41) is 10.6. The van der Waals surface area contributed by atoms with Gasteiger partial charge in [-0.3, -0.25) is 37.3 Å². The molecule has 3 unspecified atom stereocenters. The van der Waals surface area contributed by atoms with Crippen LogP contribution in [0.2, 0.25) is 0 Å². The van der Waals surface area contributed by atoms with E-state index in [1.165, 1.54) is 212 Å². The zero-order valence-corrected chi connectivity index (χ0v) is 62.2. The Balaban J connectivity index is 5.17. The van der Waals surface area contributed by atoms with E-state index in [1.54, 1.807) is 0 Å². The van der Waals surface area contributed by atoms with E-state index >= 15 is 0 Å². The zero-order valence-electron chi connectivity index (χ0n) is 60.4. The number of esters is 4. The Morgan fingerprint density at radius 2 is 0.516 bits per heavy atom. The molecule has 0 spiro atoms. The zero-order chi connectivity index (χ0) is 68.4. The van der Waals surface area contributed by atoms with E-state index in [0.717, 1.165) is 95.8 Å². The van der Waals surface area contributed by atoms with Crippen LogP contribution < -0.4 is 0 Å². The summed E-state index contributed by atoms with van der Waals surface area (Å²) in [4.78, 5) is 72.6.